The number of pyridine rings is 1. The second kappa shape index (κ2) is 9.33. The first-order valence-electron chi connectivity index (χ1n) is 6.47. The molecule has 0 aliphatic heterocycles. The maximum Gasteiger partial charge on any atom is 0.269 e. The van der Waals surface area contributed by atoms with Crippen LogP contribution in [0.15, 0.2) is 24.4 Å². The lowest BCUT2D eigenvalue weighted by molar-refractivity contribution is -0.107. The van der Waals surface area contributed by atoms with Crippen molar-refractivity contribution in [1.82, 2.24) is 10.3 Å². The summed E-state index contributed by atoms with van der Waals surface area (Å²) < 4.78 is 0. The standard InChI is InChI=1S/C14H20N2O2/c17-12-8-4-2-1-3-6-11-16-14(18)13-9-5-7-10-15-13/h5,7,9-10,12H,1-4,6,8,11H2,(H,16,18). The number of carbonyl (C=O) groups is 2. The quantitative estimate of drug-likeness (QED) is 0.539. The molecule has 0 saturated heterocycles. The maximum absolute atomic E-state index is 11.6. The summed E-state index contributed by atoms with van der Waals surface area (Å²) in [6.45, 7) is 0.684. The Morgan fingerprint density at radius 3 is 2.67 bits per heavy atom. The van der Waals surface area contributed by atoms with Crippen LogP contribution >= 0.6 is 0 Å². The molecule has 0 aliphatic rings. The largest absolute Gasteiger partial charge is 0.351 e. The van der Waals surface area contributed by atoms with Crippen molar-refractivity contribution in [2.45, 2.75) is 38.5 Å². The molecular weight excluding hydrogens is 228 g/mol. The molecule has 1 heterocycles. The third kappa shape index (κ3) is 6.13. The molecule has 1 aromatic rings. The van der Waals surface area contributed by atoms with Crippen LogP contribution in [0.2, 0.25) is 0 Å². The molecule has 18 heavy (non-hydrogen) atoms. The van der Waals surface area contributed by atoms with Crippen molar-refractivity contribution in [3.63, 3.8) is 0 Å². The minimum Gasteiger partial charge on any atom is -0.351 e. The molecule has 1 rings (SSSR count). The van der Waals surface area contributed by atoms with Gasteiger partial charge >= 0.3 is 0 Å². The number of aldehydes is 1. The van der Waals surface area contributed by atoms with Crippen molar-refractivity contribution in [1.29, 1.82) is 0 Å². The van der Waals surface area contributed by atoms with Gasteiger partial charge in [-0.3, -0.25) is 9.78 Å². The van der Waals surface area contributed by atoms with Gasteiger partial charge in [-0.1, -0.05) is 25.3 Å². The Morgan fingerprint density at radius 1 is 1.17 bits per heavy atom. The number of nitrogens with one attached hydrogen (secondary N) is 1. The van der Waals surface area contributed by atoms with E-state index in [4.69, 9.17) is 0 Å². The molecule has 98 valence electrons. The third-order valence-electron chi connectivity index (χ3n) is 2.68. The van der Waals surface area contributed by atoms with Crippen molar-refractivity contribution < 1.29 is 9.59 Å². The van der Waals surface area contributed by atoms with Crippen LogP contribution in [0, 0.1) is 0 Å². The van der Waals surface area contributed by atoms with Gasteiger partial charge in [-0.25, -0.2) is 0 Å². The summed E-state index contributed by atoms with van der Waals surface area (Å²) in [7, 11) is 0. The molecule has 1 amide bonds. The molecule has 0 atom stereocenters. The number of amides is 1. The topological polar surface area (TPSA) is 59.1 Å². The van der Waals surface area contributed by atoms with Crippen LogP contribution in [0.25, 0.3) is 0 Å². The first kappa shape index (κ1) is 14.4. The van der Waals surface area contributed by atoms with E-state index < -0.39 is 0 Å². The normalized spacial score (nSPS) is 10.0. The second-order valence-electron chi connectivity index (χ2n) is 4.19. The van der Waals surface area contributed by atoms with Gasteiger partial charge in [0.05, 0.1) is 0 Å². The molecule has 1 N–H and O–H groups in total. The molecule has 0 aromatic carbocycles. The fourth-order valence-corrected chi connectivity index (χ4v) is 1.67. The highest BCUT2D eigenvalue weighted by Gasteiger charge is 2.03. The third-order valence-corrected chi connectivity index (χ3v) is 2.68. The van der Waals surface area contributed by atoms with E-state index in [0.29, 0.717) is 18.7 Å². The number of nitrogens with zero attached hydrogens (tertiary/aromatic N) is 1. The molecule has 0 saturated carbocycles. The second-order valence-corrected chi connectivity index (χ2v) is 4.19. The summed E-state index contributed by atoms with van der Waals surface area (Å²) in [5.41, 5.74) is 0.462. The average molecular weight is 248 g/mol. The molecule has 4 heteroatoms. The van der Waals surface area contributed by atoms with E-state index in [1.165, 1.54) is 0 Å². The van der Waals surface area contributed by atoms with Crippen LogP contribution in [-0.2, 0) is 4.79 Å². The van der Waals surface area contributed by atoms with Crippen LogP contribution in [-0.4, -0.2) is 23.7 Å². The van der Waals surface area contributed by atoms with Gasteiger partial charge in [0.25, 0.3) is 5.91 Å². The first-order chi connectivity index (χ1) is 8.84. The zero-order valence-electron chi connectivity index (χ0n) is 10.6. The van der Waals surface area contributed by atoms with Crippen molar-refractivity contribution >= 4 is 12.2 Å². The number of aromatic nitrogens is 1. The Balaban J connectivity index is 2.01. The van der Waals surface area contributed by atoms with Crippen molar-refractivity contribution in [2.24, 2.45) is 0 Å². The zero-order valence-corrected chi connectivity index (χ0v) is 10.6. The average Bonchev–Trinajstić information content (AvgIpc) is 2.42. The Morgan fingerprint density at radius 2 is 1.94 bits per heavy atom. The van der Waals surface area contributed by atoms with Crippen LogP contribution in [0.3, 0.4) is 0 Å². The van der Waals surface area contributed by atoms with E-state index in [2.05, 4.69) is 10.3 Å². The molecule has 0 spiro atoms. The fourth-order valence-electron chi connectivity index (χ4n) is 1.67. The van der Waals surface area contributed by atoms with Gasteiger partial charge in [0.1, 0.15) is 12.0 Å². The van der Waals surface area contributed by atoms with E-state index >= 15 is 0 Å². The summed E-state index contributed by atoms with van der Waals surface area (Å²) in [5, 5.41) is 2.84. The van der Waals surface area contributed by atoms with Crippen LogP contribution in [0.5, 0.6) is 0 Å². The van der Waals surface area contributed by atoms with Gasteiger partial charge in [-0.15, -0.1) is 0 Å². The predicted octanol–water partition coefficient (Wildman–Crippen LogP) is 2.35. The number of rotatable bonds is 9. The number of hydrogen-bond donors (Lipinski definition) is 1. The zero-order chi connectivity index (χ0) is 13.1. The Kier molecular flexibility index (Phi) is 7.44. The van der Waals surface area contributed by atoms with E-state index in [9.17, 15) is 9.59 Å². The summed E-state index contributed by atoms with van der Waals surface area (Å²) in [5.74, 6) is -0.114. The van der Waals surface area contributed by atoms with Gasteiger partial charge in [0.15, 0.2) is 0 Å². The van der Waals surface area contributed by atoms with E-state index in [-0.39, 0.29) is 5.91 Å². The minimum absolute atomic E-state index is 0.114. The van der Waals surface area contributed by atoms with Crippen molar-refractivity contribution in [2.75, 3.05) is 6.54 Å². The summed E-state index contributed by atoms with van der Waals surface area (Å²) >= 11 is 0. The van der Waals surface area contributed by atoms with Gasteiger partial charge in [0, 0.05) is 19.2 Å². The summed E-state index contributed by atoms with van der Waals surface area (Å²) in [6, 6.07) is 5.29. The van der Waals surface area contributed by atoms with Crippen LogP contribution in [0.4, 0.5) is 0 Å². The summed E-state index contributed by atoms with van der Waals surface area (Å²) in [4.78, 5) is 25.7. The highest BCUT2D eigenvalue weighted by molar-refractivity contribution is 5.92. The molecular formula is C14H20N2O2. The predicted molar refractivity (Wildman–Crippen MR) is 70.3 cm³/mol. The Hall–Kier alpha value is -1.71. The van der Waals surface area contributed by atoms with E-state index in [1.54, 1.807) is 24.4 Å². The van der Waals surface area contributed by atoms with Crippen molar-refractivity contribution in [3.05, 3.63) is 30.1 Å². The first-order valence-corrected chi connectivity index (χ1v) is 6.47. The lowest BCUT2D eigenvalue weighted by Gasteiger charge is -2.04. The Labute approximate surface area is 108 Å². The lowest BCUT2D eigenvalue weighted by atomic mass is 10.1. The van der Waals surface area contributed by atoms with E-state index in [0.717, 1.165) is 38.4 Å². The maximum atomic E-state index is 11.6. The van der Waals surface area contributed by atoms with E-state index in [1.807, 2.05) is 0 Å². The molecule has 0 unspecified atom stereocenters. The molecule has 0 fully saturated rings. The number of carbonyl (C=O) groups excluding carboxylic acids is 2. The minimum atomic E-state index is -0.114. The molecule has 1 aromatic heterocycles. The van der Waals surface area contributed by atoms with Gasteiger partial charge in [-0.05, 0) is 25.0 Å². The van der Waals surface area contributed by atoms with Crippen molar-refractivity contribution in [3.8, 4) is 0 Å². The molecule has 0 aliphatic carbocycles. The SMILES string of the molecule is O=CCCCCCCCNC(=O)c1ccccn1. The van der Waals surface area contributed by atoms with Crippen LogP contribution < -0.4 is 5.32 Å². The Bertz CT molecular complexity index is 352. The smallest absolute Gasteiger partial charge is 0.269 e. The highest BCUT2D eigenvalue weighted by atomic mass is 16.1. The number of unbranched alkanes of at least 4 members (excludes halogenated alkanes) is 5. The van der Waals surface area contributed by atoms with Crippen LogP contribution in [0.1, 0.15) is 49.0 Å². The molecule has 0 radical (unpaired) electrons. The van der Waals surface area contributed by atoms with Gasteiger partial charge in [-0.2, -0.15) is 0 Å². The highest BCUT2D eigenvalue weighted by Crippen LogP contribution is 2.03. The monoisotopic (exact) mass is 248 g/mol. The lowest BCUT2D eigenvalue weighted by Crippen LogP contribution is -2.25. The van der Waals surface area contributed by atoms with Gasteiger partial charge in [0.2, 0.25) is 0 Å². The van der Waals surface area contributed by atoms with Gasteiger partial charge < -0.3 is 10.1 Å². The molecule has 4 nitrogen and oxygen atoms in total. The summed E-state index contributed by atoms with van der Waals surface area (Å²) in [6.07, 6.45) is 8.48. The molecule has 0 bridgehead atoms. The number of hydrogen-bond acceptors (Lipinski definition) is 3. The fraction of sp³-hybridized carbons (Fsp3) is 0.500.